The van der Waals surface area contributed by atoms with E-state index in [0.717, 1.165) is 11.1 Å². The molecule has 0 amide bonds. The van der Waals surface area contributed by atoms with Crippen molar-refractivity contribution in [3.63, 3.8) is 0 Å². The van der Waals surface area contributed by atoms with E-state index < -0.39 is 5.97 Å². The van der Waals surface area contributed by atoms with Crippen molar-refractivity contribution in [2.24, 2.45) is 0 Å². The lowest BCUT2D eigenvalue weighted by Gasteiger charge is -2.10. The normalized spacial score (nSPS) is 10.7. The third kappa shape index (κ3) is 4.42. The molecule has 0 aliphatic rings. The van der Waals surface area contributed by atoms with Gasteiger partial charge in [-0.1, -0.05) is 54.6 Å². The summed E-state index contributed by atoms with van der Waals surface area (Å²) in [6.07, 6.45) is 1.76. The summed E-state index contributed by atoms with van der Waals surface area (Å²) >= 11 is 0. The molecule has 0 atom stereocenters. The molecule has 0 aromatic heterocycles. The lowest BCUT2D eigenvalue weighted by Crippen LogP contribution is -2.09. The van der Waals surface area contributed by atoms with Crippen LogP contribution in [0.4, 0.5) is 0 Å². The van der Waals surface area contributed by atoms with Gasteiger partial charge in [0.2, 0.25) is 0 Å². The van der Waals surface area contributed by atoms with Crippen LogP contribution in [0.15, 0.2) is 78.9 Å². The fraction of sp³-hybridized carbons (Fsp3) is 0.0435. The number of hydrogen-bond donors (Lipinski definition) is 0. The van der Waals surface area contributed by atoms with Crippen molar-refractivity contribution in [1.29, 1.82) is 5.26 Å². The average Bonchev–Trinajstić information content (AvgIpc) is 2.74. The molecule has 0 saturated carbocycles. The second kappa shape index (κ2) is 8.50. The van der Waals surface area contributed by atoms with Crippen LogP contribution in [0.25, 0.3) is 11.6 Å². The number of rotatable bonds is 5. The molecule has 4 nitrogen and oxygen atoms in total. The molecule has 0 aliphatic carbocycles. The number of nitriles is 1. The molecular formula is C23H17NO3. The number of hydrogen-bond acceptors (Lipinski definition) is 4. The van der Waals surface area contributed by atoms with Crippen molar-refractivity contribution in [2.45, 2.75) is 0 Å². The number of allylic oxidation sites excluding steroid dienone is 1. The molecular weight excluding hydrogens is 338 g/mol. The number of benzene rings is 3. The van der Waals surface area contributed by atoms with E-state index in [2.05, 4.69) is 6.07 Å². The van der Waals surface area contributed by atoms with Crippen molar-refractivity contribution < 1.29 is 14.3 Å². The predicted molar refractivity (Wildman–Crippen MR) is 104 cm³/mol. The second-order valence-corrected chi connectivity index (χ2v) is 5.70. The van der Waals surface area contributed by atoms with Crippen LogP contribution in [0.3, 0.4) is 0 Å². The van der Waals surface area contributed by atoms with Crippen LogP contribution in [0.2, 0.25) is 0 Å². The third-order valence-electron chi connectivity index (χ3n) is 3.92. The SMILES string of the molecule is COc1cc(/C=C(\C#N)c2ccccc2)ccc1OC(=O)c1ccccc1. The molecule has 0 aliphatic heterocycles. The summed E-state index contributed by atoms with van der Waals surface area (Å²) < 4.78 is 10.8. The smallest absolute Gasteiger partial charge is 0.343 e. The van der Waals surface area contributed by atoms with E-state index in [-0.39, 0.29) is 0 Å². The van der Waals surface area contributed by atoms with Gasteiger partial charge in [-0.25, -0.2) is 4.79 Å². The van der Waals surface area contributed by atoms with Crippen molar-refractivity contribution in [3.05, 3.63) is 95.6 Å². The maximum absolute atomic E-state index is 12.2. The van der Waals surface area contributed by atoms with Crippen LogP contribution in [0, 0.1) is 11.3 Å². The summed E-state index contributed by atoms with van der Waals surface area (Å²) in [5, 5.41) is 9.45. The minimum atomic E-state index is -0.459. The molecule has 3 rings (SSSR count). The van der Waals surface area contributed by atoms with Crippen LogP contribution in [0.1, 0.15) is 21.5 Å². The van der Waals surface area contributed by atoms with Gasteiger partial charge < -0.3 is 9.47 Å². The van der Waals surface area contributed by atoms with Crippen LogP contribution in [-0.2, 0) is 0 Å². The summed E-state index contributed by atoms with van der Waals surface area (Å²) in [6, 6.07) is 25.5. The molecule has 27 heavy (non-hydrogen) atoms. The van der Waals surface area contributed by atoms with Crippen LogP contribution in [0.5, 0.6) is 11.5 Å². The first-order valence-electron chi connectivity index (χ1n) is 8.34. The number of esters is 1. The van der Waals surface area contributed by atoms with Gasteiger partial charge in [0.25, 0.3) is 0 Å². The number of methoxy groups -OCH3 is 1. The quantitative estimate of drug-likeness (QED) is 0.280. The third-order valence-corrected chi connectivity index (χ3v) is 3.92. The Kier molecular flexibility index (Phi) is 5.66. The molecule has 0 radical (unpaired) electrons. The highest BCUT2D eigenvalue weighted by Gasteiger charge is 2.12. The Balaban J connectivity index is 1.87. The average molecular weight is 355 g/mol. The summed E-state index contributed by atoms with van der Waals surface area (Å²) in [7, 11) is 1.51. The van der Waals surface area contributed by atoms with E-state index >= 15 is 0 Å². The number of carbonyl (C=O) groups is 1. The Hall–Kier alpha value is -3.84. The van der Waals surface area contributed by atoms with Crippen molar-refractivity contribution >= 4 is 17.6 Å². The van der Waals surface area contributed by atoms with Crippen LogP contribution >= 0.6 is 0 Å². The Labute approximate surface area is 157 Å². The van der Waals surface area contributed by atoms with E-state index in [1.807, 2.05) is 36.4 Å². The van der Waals surface area contributed by atoms with Crippen molar-refractivity contribution in [1.82, 2.24) is 0 Å². The predicted octanol–water partition coefficient (Wildman–Crippen LogP) is 4.98. The van der Waals surface area contributed by atoms with Crippen molar-refractivity contribution in [2.75, 3.05) is 7.11 Å². The van der Waals surface area contributed by atoms with E-state index in [9.17, 15) is 10.1 Å². The molecule has 132 valence electrons. The van der Waals surface area contributed by atoms with Gasteiger partial charge in [-0.2, -0.15) is 5.26 Å². The first-order chi connectivity index (χ1) is 13.2. The van der Waals surface area contributed by atoms with Crippen LogP contribution < -0.4 is 9.47 Å². The second-order valence-electron chi connectivity index (χ2n) is 5.70. The zero-order chi connectivity index (χ0) is 19.1. The maximum Gasteiger partial charge on any atom is 0.343 e. The molecule has 0 fully saturated rings. The highest BCUT2D eigenvalue weighted by atomic mass is 16.6. The number of ether oxygens (including phenoxy) is 2. The fourth-order valence-corrected chi connectivity index (χ4v) is 2.56. The summed E-state index contributed by atoms with van der Waals surface area (Å²) in [6.45, 7) is 0. The molecule has 0 bridgehead atoms. The topological polar surface area (TPSA) is 59.3 Å². The molecule has 0 unspecified atom stereocenters. The van der Waals surface area contributed by atoms with Gasteiger partial charge in [-0.05, 0) is 41.5 Å². The van der Waals surface area contributed by atoms with Gasteiger partial charge in [0, 0.05) is 0 Å². The standard InChI is InChI=1S/C23H17NO3/c1-26-22-15-17(14-20(16-24)18-8-4-2-5-9-18)12-13-21(22)27-23(25)19-10-6-3-7-11-19/h2-15H,1H3/b20-14+. The van der Waals surface area contributed by atoms with E-state index in [0.29, 0.717) is 22.6 Å². The van der Waals surface area contributed by atoms with E-state index in [4.69, 9.17) is 9.47 Å². The van der Waals surface area contributed by atoms with E-state index in [1.165, 1.54) is 7.11 Å². The Morgan fingerprint density at radius 3 is 2.11 bits per heavy atom. The Bertz CT molecular complexity index is 1000. The first kappa shape index (κ1) is 18.0. The van der Waals surface area contributed by atoms with Gasteiger partial charge in [0.15, 0.2) is 11.5 Å². The maximum atomic E-state index is 12.2. The summed E-state index contributed by atoms with van der Waals surface area (Å²) in [5.41, 5.74) is 2.59. The lowest BCUT2D eigenvalue weighted by atomic mass is 10.0. The van der Waals surface area contributed by atoms with Gasteiger partial charge in [-0.3, -0.25) is 0 Å². The monoisotopic (exact) mass is 355 g/mol. The van der Waals surface area contributed by atoms with Gasteiger partial charge in [-0.15, -0.1) is 0 Å². The summed E-state index contributed by atoms with van der Waals surface area (Å²) in [4.78, 5) is 12.2. The number of carbonyl (C=O) groups excluding carboxylic acids is 1. The lowest BCUT2D eigenvalue weighted by molar-refractivity contribution is 0.0729. The highest BCUT2D eigenvalue weighted by molar-refractivity contribution is 5.92. The minimum absolute atomic E-state index is 0.321. The fourth-order valence-electron chi connectivity index (χ4n) is 2.56. The molecule has 0 N–H and O–H groups in total. The molecule has 0 heterocycles. The van der Waals surface area contributed by atoms with Gasteiger partial charge in [0.05, 0.1) is 24.3 Å². The van der Waals surface area contributed by atoms with E-state index in [1.54, 1.807) is 48.5 Å². The zero-order valence-corrected chi connectivity index (χ0v) is 14.8. The largest absolute Gasteiger partial charge is 0.493 e. The highest BCUT2D eigenvalue weighted by Crippen LogP contribution is 2.30. The van der Waals surface area contributed by atoms with Gasteiger partial charge in [0.1, 0.15) is 0 Å². The van der Waals surface area contributed by atoms with Gasteiger partial charge >= 0.3 is 5.97 Å². The number of nitrogens with zero attached hydrogens (tertiary/aromatic N) is 1. The Morgan fingerprint density at radius 2 is 1.52 bits per heavy atom. The molecule has 0 spiro atoms. The zero-order valence-electron chi connectivity index (χ0n) is 14.8. The molecule has 0 saturated heterocycles. The van der Waals surface area contributed by atoms with Crippen LogP contribution in [-0.4, -0.2) is 13.1 Å². The minimum Gasteiger partial charge on any atom is -0.493 e. The summed E-state index contributed by atoms with van der Waals surface area (Å²) in [5.74, 6) is 0.277. The molecule has 3 aromatic rings. The van der Waals surface area contributed by atoms with Crippen molar-refractivity contribution in [3.8, 4) is 17.6 Å². The first-order valence-corrected chi connectivity index (χ1v) is 8.34. The Morgan fingerprint density at radius 1 is 0.889 bits per heavy atom. The molecule has 4 heteroatoms. The molecule has 3 aromatic carbocycles.